The van der Waals surface area contributed by atoms with Gasteiger partial charge < -0.3 is 5.32 Å². The number of hydrogen-bond donors (Lipinski definition) is 1. The lowest BCUT2D eigenvalue weighted by molar-refractivity contribution is 0.102. The van der Waals surface area contributed by atoms with E-state index in [2.05, 4.69) is 15.3 Å². The topological polar surface area (TPSA) is 59.3 Å². The Morgan fingerprint density at radius 3 is 2.95 bits per heavy atom. The van der Waals surface area contributed by atoms with Crippen molar-refractivity contribution in [3.8, 4) is 0 Å². The van der Waals surface area contributed by atoms with Crippen LogP contribution in [-0.4, -0.2) is 20.3 Å². The Labute approximate surface area is 133 Å². The third-order valence-electron chi connectivity index (χ3n) is 3.41. The summed E-state index contributed by atoms with van der Waals surface area (Å²) in [4.78, 5) is 21.1. The molecular formula is C16H15ClN4O. The molecule has 22 heavy (non-hydrogen) atoms. The van der Waals surface area contributed by atoms with Crippen LogP contribution < -0.4 is 5.32 Å². The van der Waals surface area contributed by atoms with Crippen molar-refractivity contribution in [2.45, 2.75) is 20.3 Å². The molecule has 0 saturated carbocycles. The largest absolute Gasteiger partial charge is 0.318 e. The van der Waals surface area contributed by atoms with Crippen molar-refractivity contribution in [1.29, 1.82) is 0 Å². The minimum Gasteiger partial charge on any atom is -0.318 e. The molecular weight excluding hydrogens is 300 g/mol. The molecule has 0 spiro atoms. The summed E-state index contributed by atoms with van der Waals surface area (Å²) in [5, 5.41) is 3.06. The van der Waals surface area contributed by atoms with E-state index >= 15 is 0 Å². The average molecular weight is 315 g/mol. The predicted octanol–water partition coefficient (Wildman–Crippen LogP) is 3.51. The van der Waals surface area contributed by atoms with Crippen LogP contribution in [0.4, 0.5) is 5.69 Å². The number of aryl methyl sites for hydroxylation is 2. The Morgan fingerprint density at radius 1 is 1.41 bits per heavy atom. The molecule has 3 aromatic rings. The summed E-state index contributed by atoms with van der Waals surface area (Å²) in [5.74, 6) is -0.247. The fourth-order valence-electron chi connectivity index (χ4n) is 2.34. The van der Waals surface area contributed by atoms with Crippen molar-refractivity contribution in [3.05, 3.63) is 58.8 Å². The summed E-state index contributed by atoms with van der Waals surface area (Å²) in [6, 6.07) is 7.33. The van der Waals surface area contributed by atoms with Crippen molar-refractivity contribution < 1.29 is 4.79 Å². The molecule has 3 aromatic heterocycles. The first kappa shape index (κ1) is 14.5. The van der Waals surface area contributed by atoms with Crippen LogP contribution in [0.15, 0.2) is 36.7 Å². The van der Waals surface area contributed by atoms with Crippen LogP contribution >= 0.6 is 11.6 Å². The number of rotatable bonds is 3. The number of halogens is 1. The minimum absolute atomic E-state index is 0.247. The molecule has 1 N–H and O–H groups in total. The van der Waals surface area contributed by atoms with E-state index in [1.54, 1.807) is 22.7 Å². The number of nitrogens with zero attached hydrogens (tertiary/aromatic N) is 3. The van der Waals surface area contributed by atoms with E-state index in [0.717, 1.165) is 16.9 Å². The molecule has 5 nitrogen and oxygen atoms in total. The molecule has 0 fully saturated rings. The third-order valence-corrected chi connectivity index (χ3v) is 3.71. The van der Waals surface area contributed by atoms with Crippen molar-refractivity contribution in [2.75, 3.05) is 5.32 Å². The van der Waals surface area contributed by atoms with Crippen LogP contribution in [0.1, 0.15) is 28.7 Å². The maximum absolute atomic E-state index is 12.6. The zero-order chi connectivity index (χ0) is 15.7. The van der Waals surface area contributed by atoms with Gasteiger partial charge in [0.1, 0.15) is 11.3 Å². The average Bonchev–Trinajstić information content (AvgIpc) is 2.87. The molecule has 1 amide bonds. The maximum atomic E-state index is 12.6. The number of fused-ring (bicyclic) bond motifs is 1. The second-order valence-corrected chi connectivity index (χ2v) is 5.35. The zero-order valence-electron chi connectivity index (χ0n) is 12.3. The first-order valence-electron chi connectivity index (χ1n) is 6.99. The summed E-state index contributed by atoms with van der Waals surface area (Å²) in [5.41, 5.74) is 3.63. The standard InChI is InChI=1S/C16H15ClN4O/c1-3-11-14(21-8-6-10(2)9-13(21)19-11)16(22)20-12-5-4-7-18-15(12)17/h4-9H,3H2,1-2H3,(H,20,22). The smallest absolute Gasteiger partial charge is 0.274 e. The first-order valence-corrected chi connectivity index (χ1v) is 7.37. The van der Waals surface area contributed by atoms with Gasteiger partial charge in [-0.15, -0.1) is 0 Å². The van der Waals surface area contributed by atoms with Crippen LogP contribution in [0.25, 0.3) is 5.65 Å². The van der Waals surface area contributed by atoms with Crippen LogP contribution in [0.5, 0.6) is 0 Å². The summed E-state index contributed by atoms with van der Waals surface area (Å²) in [6.45, 7) is 3.97. The van der Waals surface area contributed by atoms with E-state index in [0.29, 0.717) is 17.8 Å². The number of imidazole rings is 1. The molecule has 0 atom stereocenters. The van der Waals surface area contributed by atoms with Crippen LogP contribution in [0.3, 0.4) is 0 Å². The Kier molecular flexibility index (Phi) is 3.81. The Balaban J connectivity index is 2.05. The quantitative estimate of drug-likeness (QED) is 0.753. The van der Waals surface area contributed by atoms with Crippen LogP contribution in [0, 0.1) is 6.92 Å². The molecule has 0 unspecified atom stereocenters. The highest BCUT2D eigenvalue weighted by atomic mass is 35.5. The number of anilines is 1. The van der Waals surface area contributed by atoms with E-state index in [4.69, 9.17) is 11.6 Å². The van der Waals surface area contributed by atoms with Crippen molar-refractivity contribution >= 4 is 28.8 Å². The number of carbonyl (C=O) groups is 1. The lowest BCUT2D eigenvalue weighted by atomic mass is 10.2. The van der Waals surface area contributed by atoms with Crippen LogP contribution in [0.2, 0.25) is 5.15 Å². The van der Waals surface area contributed by atoms with Crippen molar-refractivity contribution in [1.82, 2.24) is 14.4 Å². The molecule has 6 heteroatoms. The van der Waals surface area contributed by atoms with Gasteiger partial charge in [-0.25, -0.2) is 9.97 Å². The molecule has 3 rings (SSSR count). The monoisotopic (exact) mass is 314 g/mol. The van der Waals surface area contributed by atoms with Gasteiger partial charge in [0.05, 0.1) is 11.4 Å². The summed E-state index contributed by atoms with van der Waals surface area (Å²) in [7, 11) is 0. The van der Waals surface area contributed by atoms with E-state index < -0.39 is 0 Å². The highest BCUT2D eigenvalue weighted by molar-refractivity contribution is 6.32. The minimum atomic E-state index is -0.247. The summed E-state index contributed by atoms with van der Waals surface area (Å²) in [6.07, 6.45) is 4.10. The fraction of sp³-hybridized carbons (Fsp3) is 0.188. The van der Waals surface area contributed by atoms with Gasteiger partial charge in [-0.3, -0.25) is 9.20 Å². The predicted molar refractivity (Wildman–Crippen MR) is 86.5 cm³/mol. The molecule has 0 aliphatic carbocycles. The van der Waals surface area contributed by atoms with Crippen LogP contribution in [-0.2, 0) is 6.42 Å². The highest BCUT2D eigenvalue weighted by Crippen LogP contribution is 2.21. The molecule has 3 heterocycles. The molecule has 112 valence electrons. The van der Waals surface area contributed by atoms with E-state index in [1.165, 1.54) is 0 Å². The second kappa shape index (κ2) is 5.77. The summed E-state index contributed by atoms with van der Waals surface area (Å²) < 4.78 is 1.80. The van der Waals surface area contributed by atoms with Gasteiger partial charge in [-0.2, -0.15) is 0 Å². The van der Waals surface area contributed by atoms with Gasteiger partial charge in [-0.1, -0.05) is 18.5 Å². The van der Waals surface area contributed by atoms with Gasteiger partial charge >= 0.3 is 0 Å². The SMILES string of the molecule is CCc1nc2cc(C)ccn2c1C(=O)Nc1cccnc1Cl. The molecule has 0 saturated heterocycles. The number of amides is 1. The molecule has 0 aliphatic heterocycles. The maximum Gasteiger partial charge on any atom is 0.274 e. The number of nitrogens with one attached hydrogen (secondary N) is 1. The van der Waals surface area contributed by atoms with Crippen molar-refractivity contribution in [3.63, 3.8) is 0 Å². The molecule has 0 radical (unpaired) electrons. The Morgan fingerprint density at radius 2 is 2.23 bits per heavy atom. The number of hydrogen-bond acceptors (Lipinski definition) is 3. The number of aromatic nitrogens is 3. The van der Waals surface area contributed by atoms with Gasteiger partial charge in [0.25, 0.3) is 5.91 Å². The van der Waals surface area contributed by atoms with E-state index in [9.17, 15) is 4.79 Å². The summed E-state index contributed by atoms with van der Waals surface area (Å²) >= 11 is 5.99. The molecule has 0 bridgehead atoms. The first-order chi connectivity index (χ1) is 10.6. The van der Waals surface area contributed by atoms with Crippen molar-refractivity contribution in [2.24, 2.45) is 0 Å². The van der Waals surface area contributed by atoms with Gasteiger partial charge in [0, 0.05) is 12.4 Å². The molecule has 0 aromatic carbocycles. The lowest BCUT2D eigenvalue weighted by Crippen LogP contribution is -2.16. The number of pyridine rings is 2. The second-order valence-electron chi connectivity index (χ2n) is 4.99. The van der Waals surface area contributed by atoms with Gasteiger partial charge in [0.2, 0.25) is 0 Å². The van der Waals surface area contributed by atoms with E-state index in [1.807, 2.05) is 32.2 Å². The Bertz CT molecular complexity index is 856. The fourth-order valence-corrected chi connectivity index (χ4v) is 2.51. The lowest BCUT2D eigenvalue weighted by Gasteiger charge is -2.07. The van der Waals surface area contributed by atoms with Gasteiger partial charge in [-0.05, 0) is 43.2 Å². The Hall–Kier alpha value is -2.40. The highest BCUT2D eigenvalue weighted by Gasteiger charge is 2.19. The van der Waals surface area contributed by atoms with E-state index in [-0.39, 0.29) is 11.1 Å². The van der Waals surface area contributed by atoms with Gasteiger partial charge in [0.15, 0.2) is 5.15 Å². The third kappa shape index (κ3) is 2.55. The zero-order valence-corrected chi connectivity index (χ0v) is 13.1. The number of carbonyl (C=O) groups excluding carboxylic acids is 1. The normalized spacial score (nSPS) is 10.9. The molecule has 0 aliphatic rings.